The van der Waals surface area contributed by atoms with Gasteiger partial charge in [0, 0.05) is 27.4 Å². The first-order valence-electron chi connectivity index (χ1n) is 9.88. The molecule has 0 unspecified atom stereocenters. The summed E-state index contributed by atoms with van der Waals surface area (Å²) >= 11 is 7.66. The van der Waals surface area contributed by atoms with Crippen molar-refractivity contribution in [2.75, 3.05) is 13.7 Å². The van der Waals surface area contributed by atoms with E-state index in [1.54, 1.807) is 35.0 Å². The Balaban J connectivity index is 1.84. The molecule has 32 heavy (non-hydrogen) atoms. The first-order valence-corrected chi connectivity index (χ1v) is 11.1. The second-order valence-corrected chi connectivity index (χ2v) is 9.10. The number of aromatic nitrogens is 1. The molecule has 0 amide bonds. The number of aliphatic hydroxyl groups excluding tert-OH is 4. The fraction of sp³-hybridized carbons (Fsp3) is 0.364. The van der Waals surface area contributed by atoms with Crippen LogP contribution in [0.1, 0.15) is 11.8 Å². The number of benzene rings is 2. The summed E-state index contributed by atoms with van der Waals surface area (Å²) in [7, 11) is 1.46. The van der Waals surface area contributed by atoms with E-state index in [0.29, 0.717) is 31.5 Å². The maximum Gasteiger partial charge on any atom is 0.163 e. The summed E-state index contributed by atoms with van der Waals surface area (Å²) in [6, 6.07) is 8.06. The highest BCUT2D eigenvalue weighted by Crippen LogP contribution is 2.43. The topological polar surface area (TPSA) is 104 Å². The molecule has 1 aliphatic rings. The quantitative estimate of drug-likeness (QED) is 0.442. The standard InChI is InChI=1S/C22H23ClFNO6S/c1-10-3-5-12(23)17-16(32-15-6-4-11(30-2)7-13(15)24)8-25(18(10)17)22-21(29)20(28)19(27)14(9-26)31-22/h3-8,14,19-22,26-29H,9H2,1-2H3/t14-,19-,20+,21-,22-/m1/s1. The summed E-state index contributed by atoms with van der Waals surface area (Å²) < 4.78 is 27.0. The molecular formula is C22H23ClFNO6S. The molecule has 0 bridgehead atoms. The number of nitrogens with zero attached hydrogens (tertiary/aromatic N) is 1. The van der Waals surface area contributed by atoms with E-state index >= 15 is 0 Å². The van der Waals surface area contributed by atoms with E-state index < -0.39 is 43.1 Å². The van der Waals surface area contributed by atoms with E-state index in [2.05, 4.69) is 0 Å². The molecule has 2 heterocycles. The second-order valence-electron chi connectivity index (χ2n) is 7.61. The minimum atomic E-state index is -1.53. The van der Waals surface area contributed by atoms with Gasteiger partial charge in [0.25, 0.3) is 0 Å². The monoisotopic (exact) mass is 483 g/mol. The van der Waals surface area contributed by atoms with Gasteiger partial charge >= 0.3 is 0 Å². The zero-order chi connectivity index (χ0) is 23.2. The molecule has 1 aliphatic heterocycles. The van der Waals surface area contributed by atoms with Crippen molar-refractivity contribution in [2.45, 2.75) is 47.4 Å². The van der Waals surface area contributed by atoms with Crippen molar-refractivity contribution in [2.24, 2.45) is 0 Å². The molecule has 0 radical (unpaired) electrons. The van der Waals surface area contributed by atoms with Crippen LogP contribution in [0.4, 0.5) is 4.39 Å². The van der Waals surface area contributed by atoms with Crippen molar-refractivity contribution in [3.05, 3.63) is 52.9 Å². The Bertz CT molecular complexity index is 1140. The molecule has 0 spiro atoms. The minimum Gasteiger partial charge on any atom is -0.497 e. The highest BCUT2D eigenvalue weighted by molar-refractivity contribution is 7.99. The largest absolute Gasteiger partial charge is 0.497 e. The first kappa shape index (κ1) is 23.3. The Morgan fingerprint density at radius 3 is 2.53 bits per heavy atom. The molecule has 1 aromatic heterocycles. The van der Waals surface area contributed by atoms with Crippen molar-refractivity contribution in [1.82, 2.24) is 4.57 Å². The molecule has 2 aromatic carbocycles. The third-order valence-electron chi connectivity index (χ3n) is 5.59. The smallest absolute Gasteiger partial charge is 0.163 e. The van der Waals surface area contributed by atoms with Crippen molar-refractivity contribution in [1.29, 1.82) is 0 Å². The van der Waals surface area contributed by atoms with Gasteiger partial charge in [0.05, 0.1) is 24.3 Å². The van der Waals surface area contributed by atoms with Crippen molar-refractivity contribution >= 4 is 34.3 Å². The number of hydrogen-bond donors (Lipinski definition) is 4. The number of aryl methyl sites for hydroxylation is 1. The van der Waals surface area contributed by atoms with Crippen LogP contribution in [0.5, 0.6) is 5.75 Å². The number of rotatable bonds is 5. The predicted molar refractivity (Wildman–Crippen MR) is 118 cm³/mol. The molecule has 4 N–H and O–H groups in total. The van der Waals surface area contributed by atoms with Gasteiger partial charge in [-0.1, -0.05) is 29.4 Å². The van der Waals surface area contributed by atoms with Crippen LogP contribution in [-0.2, 0) is 4.74 Å². The molecule has 172 valence electrons. The van der Waals surface area contributed by atoms with Gasteiger partial charge in [-0.05, 0) is 30.7 Å². The number of fused-ring (bicyclic) bond motifs is 1. The molecule has 0 saturated carbocycles. The lowest BCUT2D eigenvalue weighted by Crippen LogP contribution is -2.56. The zero-order valence-electron chi connectivity index (χ0n) is 17.3. The van der Waals surface area contributed by atoms with Crippen LogP contribution in [0.15, 0.2) is 46.3 Å². The molecule has 0 aliphatic carbocycles. The lowest BCUT2D eigenvalue weighted by Gasteiger charge is -2.40. The Labute approximate surface area is 192 Å². The molecule has 5 atom stereocenters. The lowest BCUT2D eigenvalue weighted by molar-refractivity contribution is -0.250. The fourth-order valence-electron chi connectivity index (χ4n) is 3.89. The molecule has 3 aromatic rings. The third-order valence-corrected chi connectivity index (χ3v) is 6.99. The fourth-order valence-corrected chi connectivity index (χ4v) is 5.21. The summed E-state index contributed by atoms with van der Waals surface area (Å²) in [5, 5.41) is 41.6. The Morgan fingerprint density at radius 1 is 1.12 bits per heavy atom. The van der Waals surface area contributed by atoms with E-state index in [1.165, 1.54) is 13.2 Å². The van der Waals surface area contributed by atoms with E-state index in [0.717, 1.165) is 17.3 Å². The normalized spacial score (nSPS) is 25.9. The average molecular weight is 484 g/mol. The maximum absolute atomic E-state index is 14.6. The van der Waals surface area contributed by atoms with Crippen LogP contribution in [0.25, 0.3) is 10.9 Å². The third kappa shape index (κ3) is 3.99. The highest BCUT2D eigenvalue weighted by atomic mass is 35.5. The van der Waals surface area contributed by atoms with Crippen LogP contribution in [-0.4, -0.2) is 63.1 Å². The van der Waals surface area contributed by atoms with E-state index in [9.17, 15) is 24.8 Å². The molecule has 1 fully saturated rings. The van der Waals surface area contributed by atoms with Crippen molar-refractivity contribution in [3.8, 4) is 5.75 Å². The SMILES string of the molecule is COc1ccc(Sc2cn([C@@H]3O[C@H](CO)[C@@H](O)[C@H](O)[C@H]3O)c3c(C)ccc(Cl)c23)c(F)c1. The Kier molecular flexibility index (Phi) is 6.69. The number of ether oxygens (including phenoxy) is 2. The van der Waals surface area contributed by atoms with Gasteiger partial charge in [-0.3, -0.25) is 0 Å². The molecule has 1 saturated heterocycles. The number of methoxy groups -OCH3 is 1. The summed E-state index contributed by atoms with van der Waals surface area (Å²) in [4.78, 5) is 0.950. The summed E-state index contributed by atoms with van der Waals surface area (Å²) in [5.41, 5.74) is 1.43. The molecule has 7 nitrogen and oxygen atoms in total. The highest BCUT2D eigenvalue weighted by Gasteiger charge is 2.44. The Morgan fingerprint density at radius 2 is 1.88 bits per heavy atom. The van der Waals surface area contributed by atoms with E-state index in [1.807, 2.05) is 6.92 Å². The van der Waals surface area contributed by atoms with Gasteiger partial charge in [0.15, 0.2) is 6.23 Å². The van der Waals surface area contributed by atoms with Gasteiger partial charge in [-0.2, -0.15) is 0 Å². The molecule has 10 heteroatoms. The Hall–Kier alpha value is -1.85. The predicted octanol–water partition coefficient (Wildman–Crippen LogP) is 2.87. The first-order chi connectivity index (χ1) is 15.3. The zero-order valence-corrected chi connectivity index (χ0v) is 18.8. The van der Waals surface area contributed by atoms with Gasteiger partial charge < -0.3 is 34.5 Å². The number of aliphatic hydroxyl groups is 4. The van der Waals surface area contributed by atoms with Gasteiger partial charge in [0.2, 0.25) is 0 Å². The van der Waals surface area contributed by atoms with Gasteiger partial charge in [-0.15, -0.1) is 0 Å². The molecular weight excluding hydrogens is 461 g/mol. The van der Waals surface area contributed by atoms with Crippen LogP contribution in [0.2, 0.25) is 5.02 Å². The van der Waals surface area contributed by atoms with Crippen molar-refractivity contribution in [3.63, 3.8) is 0 Å². The van der Waals surface area contributed by atoms with Crippen molar-refractivity contribution < 1.29 is 34.3 Å². The summed E-state index contributed by atoms with van der Waals surface area (Å²) in [6.07, 6.45) is -4.99. The van der Waals surface area contributed by atoms with Crippen LogP contribution < -0.4 is 4.74 Å². The van der Waals surface area contributed by atoms with Gasteiger partial charge in [-0.25, -0.2) is 4.39 Å². The van der Waals surface area contributed by atoms with E-state index in [-0.39, 0.29) is 0 Å². The molecule has 4 rings (SSSR count). The second kappa shape index (κ2) is 9.18. The minimum absolute atomic E-state index is 0.344. The van der Waals surface area contributed by atoms with E-state index in [4.69, 9.17) is 21.1 Å². The lowest BCUT2D eigenvalue weighted by atomic mass is 9.98. The van der Waals surface area contributed by atoms with Gasteiger partial charge in [0.1, 0.15) is 36.0 Å². The summed E-state index contributed by atoms with van der Waals surface area (Å²) in [6.45, 7) is 1.31. The number of hydrogen-bond acceptors (Lipinski definition) is 7. The van der Waals surface area contributed by atoms with Crippen LogP contribution in [0.3, 0.4) is 0 Å². The van der Waals surface area contributed by atoms with Crippen LogP contribution >= 0.6 is 23.4 Å². The maximum atomic E-state index is 14.6. The van der Waals surface area contributed by atoms with Crippen LogP contribution in [0, 0.1) is 12.7 Å². The summed E-state index contributed by atoms with van der Waals surface area (Å²) in [5.74, 6) is -0.0728. The average Bonchev–Trinajstić information content (AvgIpc) is 3.16. The number of halogens is 2.